The minimum absolute atomic E-state index is 0.125. The van der Waals surface area contributed by atoms with Crippen LogP contribution in [0.25, 0.3) is 0 Å². The molecule has 0 bridgehead atoms. The maximum absolute atomic E-state index is 13.7. The molecule has 0 spiro atoms. The average molecular weight is 574 g/mol. The van der Waals surface area contributed by atoms with Gasteiger partial charge in [-0.1, -0.05) is 30.3 Å². The largest absolute Gasteiger partial charge is 0.465 e. The maximum Gasteiger partial charge on any atom is 0.338 e. The highest BCUT2D eigenvalue weighted by atomic mass is 32.1. The molecule has 1 saturated heterocycles. The minimum Gasteiger partial charge on any atom is -0.465 e. The number of nitrogens with one attached hydrogen (secondary N) is 1. The van der Waals surface area contributed by atoms with Gasteiger partial charge in [-0.2, -0.15) is 0 Å². The Kier molecular flexibility index (Phi) is 9.81. The Hall–Kier alpha value is -4.57. The summed E-state index contributed by atoms with van der Waals surface area (Å²) >= 11 is 5.75. The molecule has 4 rings (SSSR count). The van der Waals surface area contributed by atoms with Crippen LogP contribution >= 0.6 is 12.2 Å². The van der Waals surface area contributed by atoms with E-state index >= 15 is 0 Å². The molecule has 1 atom stereocenters. The SMILES string of the molecule is CCOC(=O)c1ccc(N2C(=O)C(CC(=O)Nc3ccc(C(=O)OC)cc3)N(CCCc3ccccc3)C2=S)cc1. The van der Waals surface area contributed by atoms with Crippen molar-refractivity contribution in [1.29, 1.82) is 0 Å². The van der Waals surface area contributed by atoms with Gasteiger partial charge in [0.1, 0.15) is 6.04 Å². The standard InChI is InChI=1S/C31H31N3O6S/c1-3-40-30(38)23-13-17-25(18-14-23)34-28(36)26(33(31(34)41)19-7-10-21-8-5-4-6-9-21)20-27(35)32-24-15-11-22(12-16-24)29(37)39-2/h4-6,8-9,11-18,26H,3,7,10,19-20H2,1-2H3,(H,32,35). The van der Waals surface area contributed by atoms with Crippen LogP contribution in [0.2, 0.25) is 0 Å². The molecule has 1 heterocycles. The van der Waals surface area contributed by atoms with E-state index in [4.69, 9.17) is 21.7 Å². The zero-order valence-corrected chi connectivity index (χ0v) is 23.7. The number of carbonyl (C=O) groups excluding carboxylic acids is 4. The number of rotatable bonds is 11. The van der Waals surface area contributed by atoms with Crippen LogP contribution in [0, 0.1) is 0 Å². The predicted molar refractivity (Wildman–Crippen MR) is 159 cm³/mol. The van der Waals surface area contributed by atoms with E-state index in [-0.39, 0.29) is 24.8 Å². The van der Waals surface area contributed by atoms with Gasteiger partial charge in [0.15, 0.2) is 5.11 Å². The summed E-state index contributed by atoms with van der Waals surface area (Å²) in [5.41, 5.74) is 2.87. The molecule has 1 unspecified atom stereocenters. The van der Waals surface area contributed by atoms with Crippen molar-refractivity contribution in [3.8, 4) is 0 Å². The molecule has 3 aromatic carbocycles. The Balaban J connectivity index is 1.51. The molecule has 0 radical (unpaired) electrons. The van der Waals surface area contributed by atoms with E-state index < -0.39 is 18.0 Å². The van der Waals surface area contributed by atoms with E-state index in [1.807, 2.05) is 30.3 Å². The number of thiocarbonyl (C=S) groups is 1. The smallest absolute Gasteiger partial charge is 0.338 e. The molecule has 41 heavy (non-hydrogen) atoms. The fraction of sp³-hybridized carbons (Fsp3) is 0.258. The molecule has 10 heteroatoms. The van der Waals surface area contributed by atoms with Gasteiger partial charge < -0.3 is 19.7 Å². The summed E-state index contributed by atoms with van der Waals surface area (Å²) in [6.07, 6.45) is 1.38. The molecule has 212 valence electrons. The third-order valence-electron chi connectivity index (χ3n) is 6.63. The van der Waals surface area contributed by atoms with Gasteiger partial charge in [-0.25, -0.2) is 9.59 Å². The lowest BCUT2D eigenvalue weighted by Gasteiger charge is -2.24. The van der Waals surface area contributed by atoms with Crippen molar-refractivity contribution in [2.24, 2.45) is 0 Å². The molecule has 2 amide bonds. The van der Waals surface area contributed by atoms with E-state index in [1.54, 1.807) is 60.4 Å². The fourth-order valence-corrected chi connectivity index (χ4v) is 4.99. The second-order valence-corrected chi connectivity index (χ2v) is 9.71. The lowest BCUT2D eigenvalue weighted by atomic mass is 10.1. The zero-order valence-electron chi connectivity index (χ0n) is 22.9. The minimum atomic E-state index is -0.808. The Labute approximate surface area is 244 Å². The van der Waals surface area contributed by atoms with Gasteiger partial charge in [0.05, 0.1) is 37.0 Å². The number of carbonyl (C=O) groups is 4. The first-order valence-corrected chi connectivity index (χ1v) is 13.7. The molecule has 1 aliphatic rings. The monoisotopic (exact) mass is 573 g/mol. The van der Waals surface area contributed by atoms with Crippen molar-refractivity contribution in [3.63, 3.8) is 0 Å². The van der Waals surface area contributed by atoms with E-state index in [2.05, 4.69) is 5.32 Å². The number of hydrogen-bond donors (Lipinski definition) is 1. The topological polar surface area (TPSA) is 105 Å². The Morgan fingerprint density at radius 3 is 2.17 bits per heavy atom. The predicted octanol–water partition coefficient (Wildman–Crippen LogP) is 4.61. The van der Waals surface area contributed by atoms with Crippen molar-refractivity contribution in [2.45, 2.75) is 32.2 Å². The first kappa shape index (κ1) is 29.4. The summed E-state index contributed by atoms with van der Waals surface area (Å²) in [6, 6.07) is 21.9. The number of hydrogen-bond acceptors (Lipinski definition) is 7. The van der Waals surface area contributed by atoms with E-state index in [0.717, 1.165) is 12.8 Å². The summed E-state index contributed by atoms with van der Waals surface area (Å²) < 4.78 is 9.75. The van der Waals surface area contributed by atoms with Gasteiger partial charge in [0.2, 0.25) is 5.91 Å². The molecule has 1 aliphatic heterocycles. The number of methoxy groups -OCH3 is 1. The highest BCUT2D eigenvalue weighted by Gasteiger charge is 2.43. The van der Waals surface area contributed by atoms with Crippen LogP contribution in [0.5, 0.6) is 0 Å². The quantitative estimate of drug-likeness (QED) is 0.262. The fourth-order valence-electron chi connectivity index (χ4n) is 4.58. The van der Waals surface area contributed by atoms with Gasteiger partial charge in [0, 0.05) is 12.2 Å². The van der Waals surface area contributed by atoms with Gasteiger partial charge in [-0.3, -0.25) is 14.5 Å². The average Bonchev–Trinajstić information content (AvgIpc) is 3.21. The van der Waals surface area contributed by atoms with E-state index in [0.29, 0.717) is 34.2 Å². The molecule has 0 aromatic heterocycles. The molecule has 0 aliphatic carbocycles. The molecule has 1 N–H and O–H groups in total. The highest BCUT2D eigenvalue weighted by Crippen LogP contribution is 2.28. The molecular weight excluding hydrogens is 542 g/mol. The Bertz CT molecular complexity index is 1410. The number of benzene rings is 3. The van der Waals surface area contributed by atoms with E-state index in [1.165, 1.54) is 17.6 Å². The maximum atomic E-state index is 13.7. The van der Waals surface area contributed by atoms with Gasteiger partial charge >= 0.3 is 11.9 Å². The second-order valence-electron chi connectivity index (χ2n) is 9.34. The number of esters is 2. The highest BCUT2D eigenvalue weighted by molar-refractivity contribution is 7.80. The number of ether oxygens (including phenoxy) is 2. The number of anilines is 2. The van der Waals surface area contributed by atoms with Crippen molar-refractivity contribution in [1.82, 2.24) is 4.90 Å². The van der Waals surface area contributed by atoms with Crippen LogP contribution in [0.1, 0.15) is 46.0 Å². The summed E-state index contributed by atoms with van der Waals surface area (Å²) in [4.78, 5) is 53.7. The number of amides is 2. The molecular formula is C31H31N3O6S. The third kappa shape index (κ3) is 7.15. The molecule has 0 saturated carbocycles. The Morgan fingerprint density at radius 1 is 0.902 bits per heavy atom. The molecule has 9 nitrogen and oxygen atoms in total. The number of nitrogens with zero attached hydrogens (tertiary/aromatic N) is 2. The van der Waals surface area contributed by atoms with Crippen molar-refractivity contribution in [2.75, 3.05) is 30.5 Å². The lowest BCUT2D eigenvalue weighted by Crippen LogP contribution is -2.38. The van der Waals surface area contributed by atoms with Crippen molar-refractivity contribution >= 4 is 52.5 Å². The van der Waals surface area contributed by atoms with Crippen LogP contribution in [0.15, 0.2) is 78.9 Å². The van der Waals surface area contributed by atoms with Crippen LogP contribution in [0.4, 0.5) is 11.4 Å². The van der Waals surface area contributed by atoms with Crippen molar-refractivity contribution in [3.05, 3.63) is 95.6 Å². The van der Waals surface area contributed by atoms with Crippen LogP contribution in [0.3, 0.4) is 0 Å². The van der Waals surface area contributed by atoms with E-state index in [9.17, 15) is 19.2 Å². The summed E-state index contributed by atoms with van der Waals surface area (Å²) in [7, 11) is 1.30. The Morgan fingerprint density at radius 2 is 1.54 bits per heavy atom. The van der Waals surface area contributed by atoms with Gasteiger partial charge in [-0.15, -0.1) is 0 Å². The van der Waals surface area contributed by atoms with Crippen LogP contribution < -0.4 is 10.2 Å². The lowest BCUT2D eigenvalue weighted by molar-refractivity contribution is -0.124. The number of aryl methyl sites for hydroxylation is 1. The van der Waals surface area contributed by atoms with Crippen LogP contribution in [-0.2, 0) is 25.5 Å². The van der Waals surface area contributed by atoms with Crippen molar-refractivity contribution < 1.29 is 28.7 Å². The van der Waals surface area contributed by atoms with Gasteiger partial charge in [-0.05, 0) is 86.1 Å². The summed E-state index contributed by atoms with van der Waals surface area (Å²) in [5.74, 6) is -1.63. The normalized spacial score (nSPS) is 14.6. The molecule has 3 aromatic rings. The third-order valence-corrected chi connectivity index (χ3v) is 7.05. The zero-order chi connectivity index (χ0) is 29.4. The van der Waals surface area contributed by atoms with Gasteiger partial charge in [0.25, 0.3) is 5.91 Å². The summed E-state index contributed by atoms with van der Waals surface area (Å²) in [6.45, 7) is 2.46. The molecule has 1 fully saturated rings. The van der Waals surface area contributed by atoms with Crippen LogP contribution in [-0.4, -0.2) is 60.1 Å². The second kappa shape index (κ2) is 13.7. The summed E-state index contributed by atoms with van der Waals surface area (Å²) in [5, 5.41) is 3.09. The first-order chi connectivity index (χ1) is 19.8. The first-order valence-electron chi connectivity index (χ1n) is 13.3.